The third kappa shape index (κ3) is 1.83. The van der Waals surface area contributed by atoms with E-state index in [1.807, 2.05) is 12.1 Å². The number of nitrogens with zero attached hydrogens (tertiary/aromatic N) is 2. The van der Waals surface area contributed by atoms with Crippen LogP contribution in [-0.2, 0) is 0 Å². The quantitative estimate of drug-likeness (QED) is 0.633. The van der Waals surface area contributed by atoms with Gasteiger partial charge in [0.1, 0.15) is 0 Å². The van der Waals surface area contributed by atoms with Gasteiger partial charge < -0.3 is 15.4 Å². The zero-order chi connectivity index (χ0) is 14.4. The average molecular weight is 265 g/mol. The van der Waals surface area contributed by atoms with Crippen molar-refractivity contribution in [3.63, 3.8) is 0 Å². The molecule has 0 radical (unpaired) electrons. The summed E-state index contributed by atoms with van der Waals surface area (Å²) in [6, 6.07) is 12.7. The van der Waals surface area contributed by atoms with Gasteiger partial charge in [-0.15, -0.1) is 0 Å². The van der Waals surface area contributed by atoms with E-state index >= 15 is 0 Å². The molecular weight excluding hydrogens is 245 g/mol. The van der Waals surface area contributed by atoms with E-state index in [1.165, 1.54) is 28.0 Å². The normalized spacial score (nSPS) is 13.9. The highest BCUT2D eigenvalue weighted by Crippen LogP contribution is 2.37. The van der Waals surface area contributed by atoms with Crippen molar-refractivity contribution in [3.05, 3.63) is 47.5 Å². The molecule has 2 N–H and O–H groups in total. The van der Waals surface area contributed by atoms with Crippen molar-refractivity contribution in [1.82, 2.24) is 0 Å². The lowest BCUT2D eigenvalue weighted by atomic mass is 9.66. The third-order valence-electron chi connectivity index (χ3n) is 4.32. The van der Waals surface area contributed by atoms with Gasteiger partial charge in [0.15, 0.2) is 0 Å². The molecule has 0 amide bonds. The highest BCUT2D eigenvalue weighted by molar-refractivity contribution is 6.81. The van der Waals surface area contributed by atoms with E-state index in [-0.39, 0.29) is 6.98 Å². The second-order valence-electron chi connectivity index (χ2n) is 5.69. The number of fused-ring (bicyclic) bond motifs is 1. The number of nitrogen functional groups attached to an aromatic ring is 1. The fraction of sp³-hybridized carbons (Fsp3) is 0.250. The Morgan fingerprint density at radius 1 is 0.850 bits per heavy atom. The maximum absolute atomic E-state index is 5.79. The Balaban J connectivity index is 2.06. The maximum Gasteiger partial charge on any atom is 0.411 e. The minimum atomic E-state index is 0.229. The minimum Gasteiger partial charge on any atom is -0.399 e. The molecule has 1 aliphatic rings. The number of hydrogen-bond acceptors (Lipinski definition) is 3. The molecule has 0 unspecified atom stereocenters. The van der Waals surface area contributed by atoms with E-state index in [2.05, 4.69) is 61.8 Å². The van der Waals surface area contributed by atoms with E-state index in [0.717, 1.165) is 5.69 Å². The van der Waals surface area contributed by atoms with Crippen LogP contribution in [-0.4, -0.2) is 21.1 Å². The summed E-state index contributed by atoms with van der Waals surface area (Å²) in [5.41, 5.74) is 13.1. The van der Waals surface area contributed by atoms with Crippen LogP contribution >= 0.6 is 0 Å². The number of aryl methyl sites for hydroxylation is 2. The van der Waals surface area contributed by atoms with Gasteiger partial charge >= 0.3 is 6.98 Å². The smallest absolute Gasteiger partial charge is 0.399 e. The summed E-state index contributed by atoms with van der Waals surface area (Å²) < 4.78 is 0. The largest absolute Gasteiger partial charge is 0.411 e. The Labute approximate surface area is 121 Å². The summed E-state index contributed by atoms with van der Waals surface area (Å²) >= 11 is 0. The molecule has 0 aliphatic carbocycles. The first-order valence-corrected chi connectivity index (χ1v) is 6.91. The zero-order valence-corrected chi connectivity index (χ0v) is 12.5. The van der Waals surface area contributed by atoms with Gasteiger partial charge in [-0.1, -0.05) is 12.1 Å². The van der Waals surface area contributed by atoms with Crippen molar-refractivity contribution in [3.8, 4) is 0 Å². The SMILES string of the molecule is Cc1cc2c(cc1C)N(C)B(c1ccc(N)cc1)N2C. The Kier molecular flexibility index (Phi) is 2.89. The van der Waals surface area contributed by atoms with Crippen LogP contribution in [0, 0.1) is 13.8 Å². The molecule has 0 spiro atoms. The van der Waals surface area contributed by atoms with Gasteiger partial charge in [0.2, 0.25) is 0 Å². The molecule has 102 valence electrons. The number of benzene rings is 2. The third-order valence-corrected chi connectivity index (χ3v) is 4.32. The average Bonchev–Trinajstić information content (AvgIpc) is 2.65. The first-order chi connectivity index (χ1) is 9.49. The standard InChI is InChI=1S/C16H20BN3/c1-11-9-15-16(10-12(11)2)20(4)17(19(15)3)13-5-7-14(18)8-6-13/h5-10H,18H2,1-4H3. The lowest BCUT2D eigenvalue weighted by molar-refractivity contribution is 1.29. The molecule has 2 aromatic rings. The molecule has 0 fully saturated rings. The van der Waals surface area contributed by atoms with Crippen LogP contribution in [0.5, 0.6) is 0 Å². The first kappa shape index (κ1) is 12.9. The highest BCUT2D eigenvalue weighted by atomic mass is 15.3. The van der Waals surface area contributed by atoms with Crippen LogP contribution in [0.2, 0.25) is 0 Å². The summed E-state index contributed by atoms with van der Waals surface area (Å²) in [6.07, 6.45) is 0. The van der Waals surface area contributed by atoms with E-state index < -0.39 is 0 Å². The zero-order valence-electron chi connectivity index (χ0n) is 12.5. The minimum absolute atomic E-state index is 0.229. The molecule has 3 rings (SSSR count). The van der Waals surface area contributed by atoms with Crippen LogP contribution in [0.15, 0.2) is 36.4 Å². The molecule has 3 nitrogen and oxygen atoms in total. The molecule has 0 bridgehead atoms. The van der Waals surface area contributed by atoms with Crippen LogP contribution in [0.3, 0.4) is 0 Å². The number of nitrogens with two attached hydrogens (primary N) is 1. The summed E-state index contributed by atoms with van der Waals surface area (Å²) in [5, 5.41) is 0. The Bertz CT molecular complexity index is 617. The summed E-state index contributed by atoms with van der Waals surface area (Å²) in [4.78, 5) is 4.65. The lowest BCUT2D eigenvalue weighted by Crippen LogP contribution is -2.53. The number of rotatable bonds is 1. The van der Waals surface area contributed by atoms with Gasteiger partial charge in [0.25, 0.3) is 0 Å². The molecule has 4 heteroatoms. The summed E-state index contributed by atoms with van der Waals surface area (Å²) in [5.74, 6) is 0. The number of hydrogen-bond donors (Lipinski definition) is 1. The van der Waals surface area contributed by atoms with Gasteiger partial charge in [0, 0.05) is 17.1 Å². The molecule has 0 atom stereocenters. The molecule has 2 aromatic carbocycles. The second-order valence-corrected chi connectivity index (χ2v) is 5.69. The van der Waals surface area contributed by atoms with Gasteiger partial charge in [-0.05, 0) is 68.8 Å². The molecular formula is C16H20BN3. The fourth-order valence-electron chi connectivity index (χ4n) is 2.99. The first-order valence-electron chi connectivity index (χ1n) is 6.91. The van der Waals surface area contributed by atoms with Crippen LogP contribution in [0.1, 0.15) is 11.1 Å². The van der Waals surface area contributed by atoms with E-state index in [1.54, 1.807) is 0 Å². The Morgan fingerprint density at radius 2 is 1.30 bits per heavy atom. The highest BCUT2D eigenvalue weighted by Gasteiger charge is 2.37. The Morgan fingerprint density at radius 3 is 1.75 bits per heavy atom. The van der Waals surface area contributed by atoms with Crippen LogP contribution in [0.4, 0.5) is 17.1 Å². The van der Waals surface area contributed by atoms with Gasteiger partial charge in [0.05, 0.1) is 0 Å². The van der Waals surface area contributed by atoms with Crippen molar-refractivity contribution in [1.29, 1.82) is 0 Å². The van der Waals surface area contributed by atoms with E-state index in [4.69, 9.17) is 5.73 Å². The summed E-state index contributed by atoms with van der Waals surface area (Å²) in [6.45, 7) is 4.56. The van der Waals surface area contributed by atoms with E-state index in [0.29, 0.717) is 0 Å². The monoisotopic (exact) mass is 265 g/mol. The maximum atomic E-state index is 5.79. The molecule has 0 saturated carbocycles. The van der Waals surface area contributed by atoms with Crippen molar-refractivity contribution in [2.75, 3.05) is 29.5 Å². The van der Waals surface area contributed by atoms with Crippen molar-refractivity contribution in [2.45, 2.75) is 13.8 Å². The topological polar surface area (TPSA) is 32.5 Å². The predicted molar refractivity (Wildman–Crippen MR) is 89.0 cm³/mol. The lowest BCUT2D eigenvalue weighted by Gasteiger charge is -2.23. The van der Waals surface area contributed by atoms with Crippen molar-refractivity contribution >= 4 is 29.5 Å². The van der Waals surface area contributed by atoms with Crippen LogP contribution in [0.25, 0.3) is 0 Å². The fourth-order valence-corrected chi connectivity index (χ4v) is 2.99. The van der Waals surface area contributed by atoms with Gasteiger partial charge in [-0.25, -0.2) is 0 Å². The Hall–Kier alpha value is -2.10. The number of anilines is 3. The molecule has 20 heavy (non-hydrogen) atoms. The van der Waals surface area contributed by atoms with Crippen molar-refractivity contribution < 1.29 is 0 Å². The summed E-state index contributed by atoms with van der Waals surface area (Å²) in [7, 11) is 4.30. The molecule has 1 aliphatic heterocycles. The molecule has 0 saturated heterocycles. The van der Waals surface area contributed by atoms with Gasteiger partial charge in [-0.3, -0.25) is 0 Å². The van der Waals surface area contributed by atoms with Gasteiger partial charge in [-0.2, -0.15) is 0 Å². The molecule has 1 heterocycles. The van der Waals surface area contributed by atoms with Crippen LogP contribution < -0.4 is 20.8 Å². The predicted octanol–water partition coefficient (Wildman–Crippen LogP) is 2.17. The second kappa shape index (κ2) is 4.48. The van der Waals surface area contributed by atoms with E-state index in [9.17, 15) is 0 Å². The van der Waals surface area contributed by atoms with Crippen molar-refractivity contribution in [2.24, 2.45) is 0 Å². The molecule has 0 aromatic heterocycles.